The van der Waals surface area contributed by atoms with Crippen LogP contribution in [0.4, 0.5) is 0 Å². The zero-order valence-electron chi connectivity index (χ0n) is 12.1. The molecule has 0 spiro atoms. The summed E-state index contributed by atoms with van der Waals surface area (Å²) in [6.45, 7) is 4.26. The molecule has 0 fully saturated rings. The Bertz CT molecular complexity index is 664. The Labute approximate surface area is 128 Å². The number of aromatic nitrogens is 2. The van der Waals surface area contributed by atoms with Crippen molar-refractivity contribution in [3.63, 3.8) is 0 Å². The first-order valence-electron chi connectivity index (χ1n) is 6.75. The van der Waals surface area contributed by atoms with Crippen LogP contribution < -0.4 is 11.1 Å². The summed E-state index contributed by atoms with van der Waals surface area (Å²) in [5.74, 6) is 6.46. The van der Waals surface area contributed by atoms with E-state index in [9.17, 15) is 4.79 Å². The van der Waals surface area contributed by atoms with Crippen molar-refractivity contribution in [1.82, 2.24) is 15.3 Å². The summed E-state index contributed by atoms with van der Waals surface area (Å²) in [7, 11) is 0. The van der Waals surface area contributed by atoms with Crippen molar-refractivity contribution in [2.24, 2.45) is 5.73 Å². The van der Waals surface area contributed by atoms with Gasteiger partial charge in [0.05, 0.1) is 22.3 Å². The standard InChI is InChI=1S/C15H18N4OS/c1-3-11(14-17-7-8-18-14)19-15(20)13-9-10(2)12(21-13)5-4-6-16/h7-9,11H,3,6,16H2,1-2H3,(H,17,18)(H,19,20). The number of carbonyl (C=O) groups excluding carboxylic acids is 1. The third-order valence-electron chi connectivity index (χ3n) is 3.01. The summed E-state index contributed by atoms with van der Waals surface area (Å²) in [4.78, 5) is 21.1. The van der Waals surface area contributed by atoms with Gasteiger partial charge in [0.2, 0.25) is 0 Å². The van der Waals surface area contributed by atoms with Crippen LogP contribution in [0.1, 0.15) is 45.3 Å². The number of aromatic amines is 1. The normalized spacial score (nSPS) is 11.6. The van der Waals surface area contributed by atoms with E-state index in [-0.39, 0.29) is 11.9 Å². The van der Waals surface area contributed by atoms with Crippen molar-refractivity contribution in [2.45, 2.75) is 26.3 Å². The van der Waals surface area contributed by atoms with Crippen molar-refractivity contribution in [1.29, 1.82) is 0 Å². The molecule has 4 N–H and O–H groups in total. The predicted molar refractivity (Wildman–Crippen MR) is 84.1 cm³/mol. The first-order valence-corrected chi connectivity index (χ1v) is 7.56. The number of imidazole rings is 1. The van der Waals surface area contributed by atoms with E-state index in [1.165, 1.54) is 11.3 Å². The second-order valence-electron chi connectivity index (χ2n) is 4.54. The maximum absolute atomic E-state index is 12.3. The summed E-state index contributed by atoms with van der Waals surface area (Å²) < 4.78 is 0. The highest BCUT2D eigenvalue weighted by Gasteiger charge is 2.18. The number of H-pyrrole nitrogens is 1. The van der Waals surface area contributed by atoms with Crippen LogP contribution >= 0.6 is 11.3 Å². The molecule has 0 saturated heterocycles. The van der Waals surface area contributed by atoms with Crippen molar-refractivity contribution >= 4 is 17.2 Å². The molecule has 110 valence electrons. The molecule has 2 heterocycles. The van der Waals surface area contributed by atoms with Gasteiger partial charge in [-0.05, 0) is 25.0 Å². The Morgan fingerprint density at radius 2 is 2.43 bits per heavy atom. The van der Waals surface area contributed by atoms with Gasteiger partial charge in [-0.3, -0.25) is 4.79 Å². The number of nitrogens with zero attached hydrogens (tertiary/aromatic N) is 1. The van der Waals surface area contributed by atoms with Crippen LogP contribution in [0.5, 0.6) is 0 Å². The summed E-state index contributed by atoms with van der Waals surface area (Å²) in [5.41, 5.74) is 6.37. The molecule has 0 aliphatic carbocycles. The smallest absolute Gasteiger partial charge is 0.261 e. The minimum absolute atomic E-state index is 0.104. The van der Waals surface area contributed by atoms with Gasteiger partial charge in [0.15, 0.2) is 0 Å². The van der Waals surface area contributed by atoms with Gasteiger partial charge in [-0.15, -0.1) is 11.3 Å². The van der Waals surface area contributed by atoms with Crippen molar-refractivity contribution < 1.29 is 4.79 Å². The van der Waals surface area contributed by atoms with E-state index in [1.54, 1.807) is 12.4 Å². The fraction of sp³-hybridized carbons (Fsp3) is 0.333. The van der Waals surface area contributed by atoms with Crippen molar-refractivity contribution in [3.05, 3.63) is 39.6 Å². The summed E-state index contributed by atoms with van der Waals surface area (Å²) in [6.07, 6.45) is 4.20. The summed E-state index contributed by atoms with van der Waals surface area (Å²) in [5, 5.41) is 2.99. The Balaban J connectivity index is 2.13. The van der Waals surface area contributed by atoms with E-state index < -0.39 is 0 Å². The van der Waals surface area contributed by atoms with Gasteiger partial charge < -0.3 is 16.0 Å². The lowest BCUT2D eigenvalue weighted by atomic mass is 10.2. The summed E-state index contributed by atoms with van der Waals surface area (Å²) >= 11 is 1.39. The summed E-state index contributed by atoms with van der Waals surface area (Å²) in [6, 6.07) is 1.74. The fourth-order valence-corrected chi connectivity index (χ4v) is 2.86. The number of thiophene rings is 1. The highest BCUT2D eigenvalue weighted by molar-refractivity contribution is 7.14. The molecule has 1 amide bonds. The van der Waals surface area contributed by atoms with Gasteiger partial charge in [0.25, 0.3) is 5.91 Å². The molecular weight excluding hydrogens is 284 g/mol. The number of rotatable bonds is 4. The Hall–Kier alpha value is -2.10. The maximum atomic E-state index is 12.3. The van der Waals surface area contributed by atoms with Crippen LogP contribution in [0.15, 0.2) is 18.5 Å². The van der Waals surface area contributed by atoms with Crippen LogP contribution in [0, 0.1) is 18.8 Å². The zero-order valence-corrected chi connectivity index (χ0v) is 12.9. The monoisotopic (exact) mass is 302 g/mol. The molecule has 2 rings (SSSR count). The molecule has 21 heavy (non-hydrogen) atoms. The number of carbonyl (C=O) groups is 1. The molecule has 0 radical (unpaired) electrons. The zero-order chi connectivity index (χ0) is 15.2. The molecule has 1 atom stereocenters. The molecule has 1 unspecified atom stereocenters. The molecule has 6 heteroatoms. The molecule has 0 saturated carbocycles. The lowest BCUT2D eigenvalue weighted by molar-refractivity contribution is 0.0938. The van der Waals surface area contributed by atoms with Crippen LogP contribution in [-0.2, 0) is 0 Å². The average molecular weight is 302 g/mol. The topological polar surface area (TPSA) is 83.8 Å². The number of aryl methyl sites for hydroxylation is 1. The average Bonchev–Trinajstić information content (AvgIpc) is 3.12. The number of hydrogen-bond acceptors (Lipinski definition) is 4. The SMILES string of the molecule is CCC(NC(=O)c1cc(C)c(C#CCN)s1)c1ncc[nH]1. The molecular formula is C15H18N4OS. The van der Waals surface area contributed by atoms with Gasteiger partial charge in [-0.1, -0.05) is 18.8 Å². The largest absolute Gasteiger partial charge is 0.347 e. The first kappa shape index (κ1) is 15.3. The Morgan fingerprint density at radius 1 is 1.62 bits per heavy atom. The van der Waals surface area contributed by atoms with Crippen LogP contribution in [-0.4, -0.2) is 22.4 Å². The Morgan fingerprint density at radius 3 is 3.05 bits per heavy atom. The van der Waals surface area contributed by atoms with E-state index in [0.29, 0.717) is 11.4 Å². The van der Waals surface area contributed by atoms with Crippen LogP contribution in [0.2, 0.25) is 0 Å². The second kappa shape index (κ2) is 7.07. The van der Waals surface area contributed by atoms with Crippen LogP contribution in [0.3, 0.4) is 0 Å². The second-order valence-corrected chi connectivity index (χ2v) is 5.59. The van der Waals surface area contributed by atoms with Gasteiger partial charge in [0.1, 0.15) is 5.82 Å². The van der Waals surface area contributed by atoms with Crippen molar-refractivity contribution in [2.75, 3.05) is 6.54 Å². The fourth-order valence-electron chi connectivity index (χ4n) is 1.91. The minimum atomic E-state index is -0.117. The van der Waals surface area contributed by atoms with E-state index in [4.69, 9.17) is 5.73 Å². The van der Waals surface area contributed by atoms with E-state index in [0.717, 1.165) is 22.7 Å². The molecule has 0 bridgehead atoms. The van der Waals surface area contributed by atoms with Gasteiger partial charge in [0, 0.05) is 12.4 Å². The van der Waals surface area contributed by atoms with Gasteiger partial charge in [-0.2, -0.15) is 0 Å². The molecule has 2 aromatic heterocycles. The number of hydrogen-bond donors (Lipinski definition) is 3. The van der Waals surface area contributed by atoms with Crippen molar-refractivity contribution in [3.8, 4) is 11.8 Å². The maximum Gasteiger partial charge on any atom is 0.261 e. The highest BCUT2D eigenvalue weighted by Crippen LogP contribution is 2.22. The lowest BCUT2D eigenvalue weighted by Crippen LogP contribution is -2.28. The molecule has 2 aromatic rings. The van der Waals surface area contributed by atoms with Crippen LogP contribution in [0.25, 0.3) is 0 Å². The predicted octanol–water partition coefficient (Wildman–Crippen LogP) is 1.97. The lowest BCUT2D eigenvalue weighted by Gasteiger charge is -2.13. The van der Waals surface area contributed by atoms with Gasteiger partial charge in [-0.25, -0.2) is 4.98 Å². The third-order valence-corrected chi connectivity index (χ3v) is 4.16. The van der Waals surface area contributed by atoms with Gasteiger partial charge >= 0.3 is 0 Å². The number of amides is 1. The molecule has 0 aromatic carbocycles. The molecule has 0 aliphatic heterocycles. The van der Waals surface area contributed by atoms with E-state index >= 15 is 0 Å². The Kier molecular flexibility index (Phi) is 5.14. The third kappa shape index (κ3) is 3.72. The minimum Gasteiger partial charge on any atom is -0.347 e. The van der Waals surface area contributed by atoms with E-state index in [1.807, 2.05) is 19.9 Å². The molecule has 5 nitrogen and oxygen atoms in total. The van der Waals surface area contributed by atoms with E-state index in [2.05, 4.69) is 27.1 Å². The number of nitrogens with two attached hydrogens (primary N) is 1. The highest BCUT2D eigenvalue weighted by atomic mass is 32.1. The quantitative estimate of drug-likeness (QED) is 0.755. The molecule has 0 aliphatic rings. The number of nitrogens with one attached hydrogen (secondary N) is 2. The first-order chi connectivity index (χ1) is 10.2.